The van der Waals surface area contributed by atoms with Crippen molar-refractivity contribution in [2.45, 2.75) is 0 Å². The molecular weight excluding hydrogens is 92.9 g/mol. The van der Waals surface area contributed by atoms with Gasteiger partial charge in [-0.05, 0) is 0 Å². The Kier molecular flexibility index (Phi) is 2.76. The zero-order valence-corrected chi connectivity index (χ0v) is 3.98. The quantitative estimate of drug-likeness (QED) is 0.434. The molecule has 1 aromatic rings. The van der Waals surface area contributed by atoms with E-state index in [0.717, 1.165) is 0 Å². The molecule has 0 bridgehead atoms. The summed E-state index contributed by atoms with van der Waals surface area (Å²) in [6.07, 6.45) is 1.77. The van der Waals surface area contributed by atoms with Crippen molar-refractivity contribution in [3.8, 4) is 0 Å². The first-order valence-electron chi connectivity index (χ1n) is 1.32. The third kappa shape index (κ3) is 1.22. The summed E-state index contributed by atoms with van der Waals surface area (Å²) in [7, 11) is 0. The van der Waals surface area contributed by atoms with E-state index in [0.29, 0.717) is 0 Å². The predicted octanol–water partition coefficient (Wildman–Crippen LogP) is 0.762. The molecule has 1 heterocycles. The highest BCUT2D eigenvalue weighted by atomic mass is 32.1. The van der Waals surface area contributed by atoms with Gasteiger partial charge in [-0.2, -0.15) is 0 Å². The first kappa shape index (κ1) is 5.69. The lowest BCUT2D eigenvalue weighted by atomic mass is 10.8. The van der Waals surface area contributed by atoms with Crippen LogP contribution >= 0.6 is 11.3 Å². The smallest absolute Gasteiger partial charge is 0.0791 e. The molecule has 0 aromatic carbocycles. The molecule has 0 saturated heterocycles. The number of rotatable bonds is 0. The van der Waals surface area contributed by atoms with Crippen molar-refractivity contribution < 1.29 is 0 Å². The van der Waals surface area contributed by atoms with Gasteiger partial charge in [0.2, 0.25) is 0 Å². The van der Waals surface area contributed by atoms with Crippen LogP contribution in [-0.4, -0.2) is 13.4 Å². The number of thiazole rings is 1. The Morgan fingerprint density at radius 3 is 2.50 bits per heavy atom. The lowest BCUT2D eigenvalue weighted by Crippen LogP contribution is -1.38. The lowest BCUT2D eigenvalue weighted by molar-refractivity contribution is 1.43. The fourth-order valence-corrected chi connectivity index (χ4v) is 0.527. The van der Waals surface area contributed by atoms with Gasteiger partial charge in [0.25, 0.3) is 0 Å². The van der Waals surface area contributed by atoms with Crippen molar-refractivity contribution in [3.63, 3.8) is 0 Å². The zero-order valence-electron chi connectivity index (χ0n) is 3.16. The van der Waals surface area contributed by atoms with Crippen molar-refractivity contribution in [3.05, 3.63) is 17.1 Å². The third-order valence-electron chi connectivity index (χ3n) is 0.347. The van der Waals surface area contributed by atoms with Crippen LogP contribution in [0, 0.1) is 0 Å². The van der Waals surface area contributed by atoms with Crippen LogP contribution in [0.3, 0.4) is 0 Å². The molecule has 3 radical (unpaired) electrons. The first-order valence-corrected chi connectivity index (χ1v) is 2.26. The van der Waals surface area contributed by atoms with Crippen LogP contribution in [0.5, 0.6) is 0 Å². The van der Waals surface area contributed by atoms with Gasteiger partial charge < -0.3 is 0 Å². The van der Waals surface area contributed by atoms with Crippen LogP contribution in [0.4, 0.5) is 0 Å². The minimum Gasteiger partial charge on any atom is -0.253 e. The third-order valence-corrected chi connectivity index (χ3v) is 0.869. The Balaban J connectivity index is 0.000000250. The summed E-state index contributed by atoms with van der Waals surface area (Å²) in [5.74, 6) is 0. The summed E-state index contributed by atoms with van der Waals surface area (Å²) in [6.45, 7) is 0. The van der Waals surface area contributed by atoms with Crippen LogP contribution in [0.1, 0.15) is 0 Å². The number of aromatic nitrogens is 1. The summed E-state index contributed by atoms with van der Waals surface area (Å²) in [5.41, 5.74) is 1.79. The second-order valence-electron chi connectivity index (χ2n) is 0.676. The van der Waals surface area contributed by atoms with Gasteiger partial charge in [-0.25, -0.2) is 0 Å². The van der Waals surface area contributed by atoms with Crippen LogP contribution in [0.2, 0.25) is 0 Å². The molecule has 3 heteroatoms. The molecule has 0 atom stereocenters. The Labute approximate surface area is 42.6 Å². The molecule has 0 saturated carbocycles. The molecule has 0 N–H and O–H groups in total. The average Bonchev–Trinajstić information content (AvgIpc) is 1.76. The van der Waals surface area contributed by atoms with Crippen LogP contribution in [0.25, 0.3) is 0 Å². The van der Waals surface area contributed by atoms with Crippen molar-refractivity contribution in [2.24, 2.45) is 0 Å². The molecule has 1 rings (SSSR count). The zero-order chi connectivity index (χ0) is 3.54. The Hall–Kier alpha value is -0.305. The molecule has 0 aliphatic carbocycles. The van der Waals surface area contributed by atoms with Gasteiger partial charge in [-0.3, -0.25) is 4.98 Å². The number of hydrogen-bond donors (Lipinski definition) is 0. The minimum absolute atomic E-state index is 0. The summed E-state index contributed by atoms with van der Waals surface area (Å²) < 4.78 is 0. The molecule has 0 amide bonds. The van der Waals surface area contributed by atoms with Crippen molar-refractivity contribution >= 4 is 19.7 Å². The molecular formula is C3H3BNS. The highest BCUT2D eigenvalue weighted by Crippen LogP contribution is 1.85. The summed E-state index contributed by atoms with van der Waals surface area (Å²) in [6, 6.07) is 0. The molecule has 6 heavy (non-hydrogen) atoms. The van der Waals surface area contributed by atoms with E-state index in [1.165, 1.54) is 0 Å². The van der Waals surface area contributed by atoms with Crippen LogP contribution < -0.4 is 0 Å². The van der Waals surface area contributed by atoms with Gasteiger partial charge in [-0.1, -0.05) is 0 Å². The summed E-state index contributed by atoms with van der Waals surface area (Å²) in [4.78, 5) is 3.74. The van der Waals surface area contributed by atoms with E-state index in [1.807, 2.05) is 5.38 Å². The molecule has 0 fully saturated rings. The van der Waals surface area contributed by atoms with E-state index < -0.39 is 0 Å². The standard InChI is InChI=1S/C3H3NS.B/c1-2-5-3-4-1;/h1-3H;. The molecule has 0 spiro atoms. The maximum absolute atomic E-state index is 3.74. The van der Waals surface area contributed by atoms with Gasteiger partial charge in [0.05, 0.1) is 5.51 Å². The molecule has 1 aromatic heterocycles. The fraction of sp³-hybridized carbons (Fsp3) is 0. The second-order valence-corrected chi connectivity index (χ2v) is 1.43. The topological polar surface area (TPSA) is 12.9 Å². The molecule has 0 aliphatic heterocycles. The van der Waals surface area contributed by atoms with Gasteiger partial charge >= 0.3 is 0 Å². The summed E-state index contributed by atoms with van der Waals surface area (Å²) >= 11 is 1.60. The lowest BCUT2D eigenvalue weighted by Gasteiger charge is -1.41. The molecule has 0 aliphatic rings. The fourth-order valence-electron chi connectivity index (χ4n) is 0.176. The summed E-state index contributed by atoms with van der Waals surface area (Å²) in [5, 5.41) is 1.93. The predicted molar refractivity (Wildman–Crippen MR) is 27.9 cm³/mol. The highest BCUT2D eigenvalue weighted by Gasteiger charge is 1.59. The SMILES string of the molecule is [B].c1cscn1. The normalized spacial score (nSPS) is 6.67. The van der Waals surface area contributed by atoms with Crippen LogP contribution in [0.15, 0.2) is 17.1 Å². The van der Waals surface area contributed by atoms with Gasteiger partial charge in [0.15, 0.2) is 0 Å². The van der Waals surface area contributed by atoms with E-state index in [2.05, 4.69) is 4.98 Å². The van der Waals surface area contributed by atoms with Crippen molar-refractivity contribution in [1.82, 2.24) is 4.98 Å². The molecule has 1 nitrogen and oxygen atoms in total. The van der Waals surface area contributed by atoms with E-state index in [9.17, 15) is 0 Å². The van der Waals surface area contributed by atoms with Gasteiger partial charge in [-0.15, -0.1) is 11.3 Å². The largest absolute Gasteiger partial charge is 0.253 e. The minimum atomic E-state index is 0. The van der Waals surface area contributed by atoms with E-state index in [4.69, 9.17) is 0 Å². The average molecular weight is 95.9 g/mol. The molecule has 0 unspecified atom stereocenters. The Morgan fingerprint density at radius 1 is 1.50 bits per heavy atom. The van der Waals surface area contributed by atoms with E-state index in [1.54, 1.807) is 23.0 Å². The maximum Gasteiger partial charge on any atom is 0.0791 e. The first-order chi connectivity index (χ1) is 2.50. The number of hydrogen-bond acceptors (Lipinski definition) is 2. The second kappa shape index (κ2) is 2.91. The Bertz CT molecular complexity index is 67.3. The Morgan fingerprint density at radius 2 is 2.33 bits per heavy atom. The number of nitrogens with zero attached hydrogens (tertiary/aromatic N) is 1. The van der Waals surface area contributed by atoms with Crippen LogP contribution in [-0.2, 0) is 0 Å². The van der Waals surface area contributed by atoms with E-state index in [-0.39, 0.29) is 8.41 Å². The molecule has 29 valence electrons. The maximum atomic E-state index is 3.74. The highest BCUT2D eigenvalue weighted by molar-refractivity contribution is 7.07. The van der Waals surface area contributed by atoms with Gasteiger partial charge in [0.1, 0.15) is 0 Å². The van der Waals surface area contributed by atoms with Crippen molar-refractivity contribution in [1.29, 1.82) is 0 Å². The van der Waals surface area contributed by atoms with Gasteiger partial charge in [0, 0.05) is 20.0 Å². The van der Waals surface area contributed by atoms with E-state index >= 15 is 0 Å². The monoisotopic (exact) mass is 96.0 g/mol. The van der Waals surface area contributed by atoms with Crippen molar-refractivity contribution in [2.75, 3.05) is 0 Å².